The van der Waals surface area contributed by atoms with Gasteiger partial charge in [-0.15, -0.1) is 0 Å². The van der Waals surface area contributed by atoms with Gasteiger partial charge in [-0.25, -0.2) is 5.11 Å². The highest BCUT2D eigenvalue weighted by atomic mass is 16.3. The van der Waals surface area contributed by atoms with E-state index in [-0.39, 0.29) is 13.2 Å². The number of nitrogens with one attached hydrogen (secondary N) is 1. The fourth-order valence-electron chi connectivity index (χ4n) is 0.246. The van der Waals surface area contributed by atoms with E-state index in [1.54, 1.807) is 0 Å². The van der Waals surface area contributed by atoms with E-state index in [1.807, 2.05) is 0 Å². The third kappa shape index (κ3) is 3.58. The highest BCUT2D eigenvalue weighted by Gasteiger charge is 1.94. The Balaban J connectivity index is 2.99. The number of carbonyl (C=O) groups is 1. The topological polar surface area (TPSA) is 69.2 Å². The number of hydrogen-bond acceptors (Lipinski definition) is 2. The summed E-state index contributed by atoms with van der Waals surface area (Å²) >= 11 is 0. The fraction of sp³-hybridized carbons (Fsp3) is 0.750. The molecule has 8 heavy (non-hydrogen) atoms. The van der Waals surface area contributed by atoms with Crippen LogP contribution in [0, 0.1) is 0 Å². The molecular formula is C4H8NO3. The van der Waals surface area contributed by atoms with Crippen LogP contribution in [0.3, 0.4) is 0 Å². The highest BCUT2D eigenvalue weighted by Crippen LogP contribution is 1.60. The smallest absolute Gasteiger partial charge is 0.249 e. The van der Waals surface area contributed by atoms with Crippen LogP contribution in [0.4, 0.5) is 0 Å². The molecule has 2 N–H and O–H groups in total. The summed E-state index contributed by atoms with van der Waals surface area (Å²) in [5.41, 5.74) is 0. The molecule has 0 unspecified atom stereocenters. The number of aliphatic hydroxyl groups excluding tert-OH is 1. The summed E-state index contributed by atoms with van der Waals surface area (Å²) in [6.45, 7) is -0.715. The lowest BCUT2D eigenvalue weighted by atomic mass is 10.6. The van der Waals surface area contributed by atoms with Crippen LogP contribution in [0.1, 0.15) is 0 Å². The first-order valence-electron chi connectivity index (χ1n) is 2.27. The van der Waals surface area contributed by atoms with Gasteiger partial charge in [-0.1, -0.05) is 0 Å². The summed E-state index contributed by atoms with van der Waals surface area (Å²) in [7, 11) is 0. The number of rotatable bonds is 3. The largest absolute Gasteiger partial charge is 0.395 e. The second kappa shape index (κ2) is 4.55. The van der Waals surface area contributed by atoms with Gasteiger partial charge in [0.25, 0.3) is 0 Å². The molecule has 1 radical (unpaired) electrons. The zero-order chi connectivity index (χ0) is 6.41. The lowest BCUT2D eigenvalue weighted by Crippen LogP contribution is -2.28. The predicted octanol–water partition coefficient (Wildman–Crippen LogP) is -1.47. The predicted molar refractivity (Wildman–Crippen MR) is 25.6 cm³/mol. The quantitative estimate of drug-likeness (QED) is 0.474. The van der Waals surface area contributed by atoms with Crippen molar-refractivity contribution in [2.24, 2.45) is 0 Å². The van der Waals surface area contributed by atoms with Crippen LogP contribution in [-0.2, 0) is 9.90 Å². The zero-order valence-electron chi connectivity index (χ0n) is 4.39. The average Bonchev–Trinajstić information content (AvgIpc) is 1.83. The van der Waals surface area contributed by atoms with E-state index in [1.165, 1.54) is 0 Å². The molecule has 0 saturated carbocycles. The lowest BCUT2D eigenvalue weighted by Gasteiger charge is -1.95. The van der Waals surface area contributed by atoms with Crippen molar-refractivity contribution in [2.45, 2.75) is 0 Å². The Morgan fingerprint density at radius 1 is 1.62 bits per heavy atom. The third-order valence-electron chi connectivity index (χ3n) is 0.565. The Bertz CT molecular complexity index is 73.7. The lowest BCUT2D eigenvalue weighted by molar-refractivity contribution is -0.125. The SMILES string of the molecule is [O]CC(=O)NCCO. The van der Waals surface area contributed by atoms with Gasteiger partial charge in [0.1, 0.15) is 0 Å². The van der Waals surface area contributed by atoms with Gasteiger partial charge >= 0.3 is 0 Å². The molecule has 0 aromatic rings. The first-order valence-corrected chi connectivity index (χ1v) is 2.27. The Morgan fingerprint density at radius 2 is 2.25 bits per heavy atom. The summed E-state index contributed by atoms with van der Waals surface area (Å²) < 4.78 is 0. The normalized spacial score (nSPS) is 8.75. The van der Waals surface area contributed by atoms with E-state index < -0.39 is 12.5 Å². The third-order valence-corrected chi connectivity index (χ3v) is 0.565. The van der Waals surface area contributed by atoms with Gasteiger partial charge in [0.15, 0.2) is 6.61 Å². The van der Waals surface area contributed by atoms with Crippen LogP contribution in [0.5, 0.6) is 0 Å². The molecule has 0 aliphatic rings. The fourth-order valence-corrected chi connectivity index (χ4v) is 0.246. The van der Waals surface area contributed by atoms with Gasteiger partial charge in [-0.3, -0.25) is 4.79 Å². The first-order chi connectivity index (χ1) is 3.81. The molecule has 1 amide bonds. The molecule has 0 aliphatic heterocycles. The van der Waals surface area contributed by atoms with Gasteiger partial charge in [-0.05, 0) is 0 Å². The maximum absolute atomic E-state index is 10.0. The molecule has 0 bridgehead atoms. The minimum Gasteiger partial charge on any atom is -0.395 e. The molecule has 0 heterocycles. The monoisotopic (exact) mass is 118 g/mol. The molecule has 0 saturated heterocycles. The van der Waals surface area contributed by atoms with Gasteiger partial charge in [0, 0.05) is 6.54 Å². The Hall–Kier alpha value is -0.610. The van der Waals surface area contributed by atoms with Crippen molar-refractivity contribution in [3.05, 3.63) is 0 Å². The molecule has 0 aliphatic carbocycles. The van der Waals surface area contributed by atoms with E-state index in [2.05, 4.69) is 5.32 Å². The number of carbonyl (C=O) groups excluding carboxylic acids is 1. The molecule has 0 rings (SSSR count). The molecule has 0 spiro atoms. The maximum Gasteiger partial charge on any atom is 0.249 e. The first kappa shape index (κ1) is 7.39. The Labute approximate surface area is 47.1 Å². The number of aliphatic hydroxyl groups is 1. The van der Waals surface area contributed by atoms with Crippen molar-refractivity contribution >= 4 is 5.91 Å². The number of amides is 1. The van der Waals surface area contributed by atoms with E-state index in [4.69, 9.17) is 5.11 Å². The molecule has 0 aromatic heterocycles. The van der Waals surface area contributed by atoms with Crippen molar-refractivity contribution in [3.63, 3.8) is 0 Å². The zero-order valence-corrected chi connectivity index (χ0v) is 4.39. The molecule has 4 heteroatoms. The summed E-state index contributed by atoms with van der Waals surface area (Å²) in [6.07, 6.45) is 0. The highest BCUT2D eigenvalue weighted by molar-refractivity contribution is 5.76. The van der Waals surface area contributed by atoms with Gasteiger partial charge < -0.3 is 10.4 Å². The second-order valence-corrected chi connectivity index (χ2v) is 1.22. The van der Waals surface area contributed by atoms with E-state index in [0.717, 1.165) is 0 Å². The molecule has 0 atom stereocenters. The number of hydrogen-bond donors (Lipinski definition) is 2. The summed E-state index contributed by atoms with van der Waals surface area (Å²) in [6, 6.07) is 0. The summed E-state index contributed by atoms with van der Waals surface area (Å²) in [5, 5.41) is 19.9. The van der Waals surface area contributed by atoms with Crippen molar-refractivity contribution in [3.8, 4) is 0 Å². The summed E-state index contributed by atoms with van der Waals surface area (Å²) in [4.78, 5) is 10.0. The molecule has 0 fully saturated rings. The maximum atomic E-state index is 10.0. The minimum absolute atomic E-state index is 0.119. The van der Waals surface area contributed by atoms with Crippen LogP contribution in [0.2, 0.25) is 0 Å². The van der Waals surface area contributed by atoms with E-state index >= 15 is 0 Å². The van der Waals surface area contributed by atoms with Crippen molar-refractivity contribution in [2.75, 3.05) is 19.8 Å². The molecule has 0 aromatic carbocycles. The Kier molecular flexibility index (Phi) is 4.20. The van der Waals surface area contributed by atoms with Gasteiger partial charge in [0.05, 0.1) is 6.61 Å². The van der Waals surface area contributed by atoms with Crippen molar-refractivity contribution in [1.29, 1.82) is 0 Å². The minimum atomic E-state index is -0.764. The van der Waals surface area contributed by atoms with E-state index in [9.17, 15) is 9.90 Å². The van der Waals surface area contributed by atoms with Crippen LogP contribution < -0.4 is 5.32 Å². The van der Waals surface area contributed by atoms with Crippen LogP contribution in [-0.4, -0.2) is 30.8 Å². The Morgan fingerprint density at radius 3 is 2.62 bits per heavy atom. The standard InChI is InChI=1S/C4H8NO3/c6-2-1-5-4(8)3-7/h6H,1-3H2,(H,5,8). The average molecular weight is 118 g/mol. The molecule has 47 valence electrons. The van der Waals surface area contributed by atoms with E-state index in [0.29, 0.717) is 0 Å². The van der Waals surface area contributed by atoms with Crippen LogP contribution >= 0.6 is 0 Å². The van der Waals surface area contributed by atoms with Gasteiger partial charge in [-0.2, -0.15) is 0 Å². The molecule has 4 nitrogen and oxygen atoms in total. The second-order valence-electron chi connectivity index (χ2n) is 1.22. The molecular weight excluding hydrogens is 110 g/mol. The van der Waals surface area contributed by atoms with Crippen LogP contribution in [0.15, 0.2) is 0 Å². The van der Waals surface area contributed by atoms with Crippen molar-refractivity contribution < 1.29 is 15.0 Å². The van der Waals surface area contributed by atoms with Gasteiger partial charge in [0.2, 0.25) is 5.91 Å². The summed E-state index contributed by atoms with van der Waals surface area (Å²) in [5.74, 6) is -0.570. The van der Waals surface area contributed by atoms with Crippen molar-refractivity contribution in [1.82, 2.24) is 5.32 Å². The van der Waals surface area contributed by atoms with Crippen LogP contribution in [0.25, 0.3) is 0 Å².